The fourth-order valence-electron chi connectivity index (χ4n) is 1.48. The molecule has 0 aliphatic carbocycles. The Kier molecular flexibility index (Phi) is 4.63. The fraction of sp³-hybridized carbons (Fsp3) is 0.417. The van der Waals surface area contributed by atoms with Crippen molar-refractivity contribution >= 4 is 5.97 Å². The van der Waals surface area contributed by atoms with Gasteiger partial charge in [0.15, 0.2) is 11.5 Å². The number of benzene rings is 1. The number of hydrogen-bond donors (Lipinski definition) is 1. The Hall–Kier alpha value is -1.92. The van der Waals surface area contributed by atoms with E-state index < -0.39 is 35.8 Å². The summed E-state index contributed by atoms with van der Waals surface area (Å²) in [5.74, 6) is -3.37. The number of alkyl halides is 2. The van der Waals surface area contributed by atoms with Crippen LogP contribution in [0.5, 0.6) is 11.5 Å². The highest BCUT2D eigenvalue weighted by Gasteiger charge is 2.23. The maximum atomic E-state index is 13.7. The van der Waals surface area contributed by atoms with Crippen LogP contribution < -0.4 is 9.47 Å². The third-order valence-corrected chi connectivity index (χ3v) is 2.21. The van der Waals surface area contributed by atoms with Crippen molar-refractivity contribution in [2.75, 3.05) is 0 Å². The number of aromatic carboxylic acids is 1. The van der Waals surface area contributed by atoms with Gasteiger partial charge in [-0.25, -0.2) is 9.18 Å². The van der Waals surface area contributed by atoms with E-state index >= 15 is 0 Å². The van der Waals surface area contributed by atoms with Crippen molar-refractivity contribution in [2.24, 2.45) is 0 Å². The average molecular weight is 278 g/mol. The number of halogens is 3. The molecule has 1 N–H and O–H groups in total. The molecule has 7 heteroatoms. The van der Waals surface area contributed by atoms with Crippen molar-refractivity contribution in [2.45, 2.75) is 33.5 Å². The standard InChI is InChI=1S/C12H13F3O4/c1-5(2)18-8-4-7(11(16)17)9(13)6(3)10(8)19-12(14)15/h4-5,12H,1-3H3,(H,16,17). The summed E-state index contributed by atoms with van der Waals surface area (Å²) in [5.41, 5.74) is -0.995. The highest BCUT2D eigenvalue weighted by Crippen LogP contribution is 2.36. The van der Waals surface area contributed by atoms with E-state index in [-0.39, 0.29) is 11.3 Å². The monoisotopic (exact) mass is 278 g/mol. The number of hydrogen-bond acceptors (Lipinski definition) is 3. The molecule has 0 bridgehead atoms. The summed E-state index contributed by atoms with van der Waals surface area (Å²) in [6.07, 6.45) is -0.411. The van der Waals surface area contributed by atoms with Crippen LogP contribution in [-0.4, -0.2) is 23.8 Å². The number of rotatable bonds is 5. The average Bonchev–Trinajstić information content (AvgIpc) is 2.27. The van der Waals surface area contributed by atoms with Crippen LogP contribution >= 0.6 is 0 Å². The fourth-order valence-corrected chi connectivity index (χ4v) is 1.48. The first-order chi connectivity index (χ1) is 8.73. The quantitative estimate of drug-likeness (QED) is 0.898. The Morgan fingerprint density at radius 1 is 1.32 bits per heavy atom. The number of carboxylic acids is 1. The summed E-state index contributed by atoms with van der Waals surface area (Å²) in [7, 11) is 0. The molecular formula is C12H13F3O4. The van der Waals surface area contributed by atoms with Gasteiger partial charge in [0.05, 0.1) is 11.7 Å². The van der Waals surface area contributed by atoms with Crippen LogP contribution in [0, 0.1) is 12.7 Å². The first-order valence-electron chi connectivity index (χ1n) is 5.41. The molecule has 0 aliphatic heterocycles. The topological polar surface area (TPSA) is 55.8 Å². The minimum Gasteiger partial charge on any atom is -0.487 e. The first-order valence-corrected chi connectivity index (χ1v) is 5.41. The normalized spacial score (nSPS) is 10.9. The second-order valence-corrected chi connectivity index (χ2v) is 4.04. The second kappa shape index (κ2) is 5.81. The summed E-state index contributed by atoms with van der Waals surface area (Å²) in [4.78, 5) is 10.9. The van der Waals surface area contributed by atoms with E-state index in [4.69, 9.17) is 9.84 Å². The zero-order valence-electron chi connectivity index (χ0n) is 10.5. The zero-order valence-corrected chi connectivity index (χ0v) is 10.5. The van der Waals surface area contributed by atoms with Gasteiger partial charge in [0.25, 0.3) is 0 Å². The Labute approximate surface area is 107 Å². The molecule has 0 atom stereocenters. The lowest BCUT2D eigenvalue weighted by Crippen LogP contribution is -2.13. The van der Waals surface area contributed by atoms with Crippen molar-refractivity contribution in [1.29, 1.82) is 0 Å². The van der Waals surface area contributed by atoms with Crippen LogP contribution in [0.4, 0.5) is 13.2 Å². The van der Waals surface area contributed by atoms with E-state index in [0.29, 0.717) is 0 Å². The summed E-state index contributed by atoms with van der Waals surface area (Å²) >= 11 is 0. The lowest BCUT2D eigenvalue weighted by Gasteiger charge is -2.18. The Morgan fingerprint density at radius 2 is 1.89 bits per heavy atom. The van der Waals surface area contributed by atoms with Gasteiger partial charge in [0.2, 0.25) is 0 Å². The van der Waals surface area contributed by atoms with Gasteiger partial charge in [-0.05, 0) is 20.8 Å². The largest absolute Gasteiger partial charge is 0.487 e. The number of carbonyl (C=O) groups is 1. The van der Waals surface area contributed by atoms with E-state index in [1.54, 1.807) is 13.8 Å². The summed E-state index contributed by atoms with van der Waals surface area (Å²) in [6.45, 7) is 1.21. The molecule has 106 valence electrons. The molecule has 19 heavy (non-hydrogen) atoms. The zero-order chi connectivity index (χ0) is 14.7. The van der Waals surface area contributed by atoms with Crippen LogP contribution in [0.15, 0.2) is 6.07 Å². The van der Waals surface area contributed by atoms with Crippen molar-refractivity contribution in [1.82, 2.24) is 0 Å². The minimum atomic E-state index is -3.16. The molecule has 0 fully saturated rings. The van der Waals surface area contributed by atoms with Crippen LogP contribution in [0.3, 0.4) is 0 Å². The molecule has 0 radical (unpaired) electrons. The maximum Gasteiger partial charge on any atom is 0.387 e. The molecule has 0 aromatic heterocycles. The molecule has 1 rings (SSSR count). The highest BCUT2D eigenvalue weighted by atomic mass is 19.3. The molecular weight excluding hydrogens is 265 g/mol. The van der Waals surface area contributed by atoms with E-state index in [1.165, 1.54) is 0 Å². The molecule has 1 aromatic carbocycles. The van der Waals surface area contributed by atoms with Crippen molar-refractivity contribution < 1.29 is 32.5 Å². The van der Waals surface area contributed by atoms with Gasteiger partial charge in [-0.15, -0.1) is 0 Å². The predicted molar refractivity (Wildman–Crippen MR) is 60.5 cm³/mol. The van der Waals surface area contributed by atoms with Gasteiger partial charge in [-0.1, -0.05) is 0 Å². The van der Waals surface area contributed by atoms with E-state index in [0.717, 1.165) is 13.0 Å². The van der Waals surface area contributed by atoms with E-state index in [1.807, 2.05) is 0 Å². The highest BCUT2D eigenvalue weighted by molar-refractivity contribution is 5.89. The van der Waals surface area contributed by atoms with Gasteiger partial charge in [0.1, 0.15) is 5.82 Å². The third-order valence-electron chi connectivity index (χ3n) is 2.21. The SMILES string of the molecule is Cc1c(F)c(C(=O)O)cc(OC(C)C)c1OC(F)F. The Morgan fingerprint density at radius 3 is 2.32 bits per heavy atom. The van der Waals surface area contributed by atoms with Crippen LogP contribution in [0.25, 0.3) is 0 Å². The van der Waals surface area contributed by atoms with Crippen molar-refractivity contribution in [3.05, 3.63) is 23.0 Å². The van der Waals surface area contributed by atoms with Gasteiger partial charge in [0, 0.05) is 11.6 Å². The van der Waals surface area contributed by atoms with E-state index in [2.05, 4.69) is 4.74 Å². The minimum absolute atomic E-state index is 0.230. The molecule has 1 aromatic rings. The van der Waals surface area contributed by atoms with Gasteiger partial charge in [-0.3, -0.25) is 0 Å². The van der Waals surface area contributed by atoms with Crippen molar-refractivity contribution in [3.8, 4) is 11.5 Å². The predicted octanol–water partition coefficient (Wildman–Crippen LogP) is 3.22. The van der Waals surface area contributed by atoms with E-state index in [9.17, 15) is 18.0 Å². The summed E-state index contributed by atoms with van der Waals surface area (Å²) < 4.78 is 47.7. The smallest absolute Gasteiger partial charge is 0.387 e. The molecule has 0 spiro atoms. The van der Waals surface area contributed by atoms with Gasteiger partial charge >= 0.3 is 12.6 Å². The van der Waals surface area contributed by atoms with Crippen molar-refractivity contribution in [3.63, 3.8) is 0 Å². The molecule has 0 aliphatic rings. The Balaban J connectivity index is 3.41. The van der Waals surface area contributed by atoms with Crippen LogP contribution in [0.2, 0.25) is 0 Å². The first kappa shape index (κ1) is 15.1. The molecule has 0 saturated heterocycles. The lowest BCUT2D eigenvalue weighted by atomic mass is 10.1. The maximum absolute atomic E-state index is 13.7. The van der Waals surface area contributed by atoms with Gasteiger partial charge in [-0.2, -0.15) is 8.78 Å². The lowest BCUT2D eigenvalue weighted by molar-refractivity contribution is -0.0525. The van der Waals surface area contributed by atoms with Gasteiger partial charge < -0.3 is 14.6 Å². The number of carboxylic acid groups (broad SMARTS) is 1. The summed E-state index contributed by atoms with van der Waals surface area (Å²) in [6, 6.07) is 0.836. The van der Waals surface area contributed by atoms with Crippen LogP contribution in [-0.2, 0) is 0 Å². The molecule has 0 unspecified atom stereocenters. The second-order valence-electron chi connectivity index (χ2n) is 4.04. The van der Waals surface area contributed by atoms with Crippen LogP contribution in [0.1, 0.15) is 29.8 Å². The molecule has 0 amide bonds. The number of ether oxygens (including phenoxy) is 2. The summed E-state index contributed by atoms with van der Waals surface area (Å²) in [5, 5.41) is 8.84. The third kappa shape index (κ3) is 3.52. The molecule has 0 heterocycles. The Bertz CT molecular complexity index is 486. The molecule has 4 nitrogen and oxygen atoms in total. The molecule has 0 saturated carbocycles.